The van der Waals surface area contributed by atoms with Crippen LogP contribution < -0.4 is 5.32 Å². The SMILES string of the molecule is C=C(C)[C@H](CCO)OC(=O)[C@H](O)[C@@H](NC(=O)OC(C)(C)C)c1ccccc1. The number of nitrogens with one attached hydrogen (secondary N) is 1. The van der Waals surface area contributed by atoms with Crippen LogP contribution in [0.3, 0.4) is 0 Å². The summed E-state index contributed by atoms with van der Waals surface area (Å²) >= 11 is 0. The van der Waals surface area contributed by atoms with Gasteiger partial charge in [0.25, 0.3) is 0 Å². The molecule has 0 saturated carbocycles. The first-order chi connectivity index (χ1) is 12.5. The Morgan fingerprint density at radius 1 is 1.22 bits per heavy atom. The molecule has 0 aliphatic heterocycles. The molecule has 0 aromatic heterocycles. The van der Waals surface area contributed by atoms with Gasteiger partial charge in [0.1, 0.15) is 11.7 Å². The lowest BCUT2D eigenvalue weighted by molar-refractivity contribution is -0.159. The minimum absolute atomic E-state index is 0.170. The van der Waals surface area contributed by atoms with Gasteiger partial charge in [-0.25, -0.2) is 9.59 Å². The zero-order valence-corrected chi connectivity index (χ0v) is 16.3. The van der Waals surface area contributed by atoms with Crippen molar-refractivity contribution in [2.45, 2.75) is 58.0 Å². The maximum atomic E-state index is 12.4. The van der Waals surface area contributed by atoms with Gasteiger partial charge in [-0.15, -0.1) is 0 Å². The minimum atomic E-state index is -1.67. The van der Waals surface area contributed by atoms with Crippen molar-refractivity contribution in [1.82, 2.24) is 5.32 Å². The molecule has 0 fully saturated rings. The molecule has 7 heteroatoms. The monoisotopic (exact) mass is 379 g/mol. The highest BCUT2D eigenvalue weighted by Gasteiger charge is 2.33. The average molecular weight is 379 g/mol. The van der Waals surface area contributed by atoms with Gasteiger partial charge >= 0.3 is 12.1 Å². The van der Waals surface area contributed by atoms with E-state index in [0.717, 1.165) is 0 Å². The Balaban J connectivity index is 2.99. The number of ether oxygens (including phenoxy) is 2. The highest BCUT2D eigenvalue weighted by Crippen LogP contribution is 2.21. The number of hydrogen-bond acceptors (Lipinski definition) is 6. The molecule has 0 aliphatic carbocycles. The molecule has 150 valence electrons. The van der Waals surface area contributed by atoms with Crippen LogP contribution >= 0.6 is 0 Å². The van der Waals surface area contributed by atoms with E-state index in [1.54, 1.807) is 58.0 Å². The van der Waals surface area contributed by atoms with Crippen molar-refractivity contribution in [2.24, 2.45) is 0 Å². The van der Waals surface area contributed by atoms with Crippen LogP contribution in [0.5, 0.6) is 0 Å². The van der Waals surface area contributed by atoms with Crippen molar-refractivity contribution in [1.29, 1.82) is 0 Å². The molecule has 7 nitrogen and oxygen atoms in total. The van der Waals surface area contributed by atoms with Crippen LogP contribution in [0.2, 0.25) is 0 Å². The Morgan fingerprint density at radius 2 is 1.81 bits per heavy atom. The Kier molecular flexibility index (Phi) is 8.46. The summed E-state index contributed by atoms with van der Waals surface area (Å²) in [7, 11) is 0. The summed E-state index contributed by atoms with van der Waals surface area (Å²) in [5, 5.41) is 22.1. The Morgan fingerprint density at radius 3 is 2.30 bits per heavy atom. The first kappa shape index (κ1) is 22.7. The zero-order valence-electron chi connectivity index (χ0n) is 16.3. The molecule has 0 heterocycles. The fourth-order valence-corrected chi connectivity index (χ4v) is 2.31. The molecule has 1 aromatic carbocycles. The van der Waals surface area contributed by atoms with E-state index in [2.05, 4.69) is 11.9 Å². The molecule has 0 bridgehead atoms. The van der Waals surface area contributed by atoms with E-state index in [4.69, 9.17) is 14.6 Å². The van der Waals surface area contributed by atoms with Crippen LogP contribution in [0, 0.1) is 0 Å². The molecule has 1 aromatic rings. The van der Waals surface area contributed by atoms with Crippen LogP contribution in [0.15, 0.2) is 42.5 Å². The summed E-state index contributed by atoms with van der Waals surface area (Å²) in [6, 6.07) is 7.50. The molecule has 27 heavy (non-hydrogen) atoms. The van der Waals surface area contributed by atoms with E-state index in [9.17, 15) is 14.7 Å². The van der Waals surface area contributed by atoms with Gasteiger partial charge < -0.3 is 25.0 Å². The summed E-state index contributed by atoms with van der Waals surface area (Å²) < 4.78 is 10.5. The molecule has 0 aliphatic rings. The summed E-state index contributed by atoms with van der Waals surface area (Å²) in [6.45, 7) is 10.3. The number of aliphatic hydroxyl groups is 2. The van der Waals surface area contributed by atoms with Crippen molar-refractivity contribution in [2.75, 3.05) is 6.61 Å². The van der Waals surface area contributed by atoms with Gasteiger partial charge in [-0.05, 0) is 38.8 Å². The molecule has 0 spiro atoms. The van der Waals surface area contributed by atoms with Gasteiger partial charge in [0.15, 0.2) is 6.10 Å². The molecular formula is C20H29NO6. The minimum Gasteiger partial charge on any atom is -0.456 e. The standard InChI is InChI=1S/C20H29NO6/c1-13(2)15(11-12-22)26-18(24)17(23)16(14-9-7-6-8-10-14)21-19(25)27-20(3,4)5/h6-10,15-17,22-23H,1,11-12H2,2-5H3,(H,21,25)/t15-,16-,17+/m0/s1. The molecular weight excluding hydrogens is 350 g/mol. The number of carbonyl (C=O) groups is 2. The second-order valence-electron chi connectivity index (χ2n) is 7.26. The lowest BCUT2D eigenvalue weighted by Gasteiger charge is -2.27. The van der Waals surface area contributed by atoms with Crippen molar-refractivity contribution >= 4 is 12.1 Å². The normalized spacial score (nSPS) is 14.6. The molecule has 0 saturated heterocycles. The second kappa shape index (κ2) is 10.1. The van der Waals surface area contributed by atoms with Gasteiger partial charge in [0.05, 0.1) is 6.04 Å². The molecule has 1 rings (SSSR count). The van der Waals surface area contributed by atoms with Crippen LogP contribution in [0.25, 0.3) is 0 Å². The molecule has 3 atom stereocenters. The number of carbonyl (C=O) groups excluding carboxylic acids is 2. The first-order valence-corrected chi connectivity index (χ1v) is 8.74. The third kappa shape index (κ3) is 7.80. The lowest BCUT2D eigenvalue weighted by Crippen LogP contribution is -2.44. The van der Waals surface area contributed by atoms with E-state index >= 15 is 0 Å². The Bertz CT molecular complexity index is 638. The van der Waals surface area contributed by atoms with Crippen molar-refractivity contribution < 1.29 is 29.3 Å². The predicted molar refractivity (Wildman–Crippen MR) is 101 cm³/mol. The summed E-state index contributed by atoms with van der Waals surface area (Å²) in [5.41, 5.74) is 0.325. The average Bonchev–Trinajstić information content (AvgIpc) is 2.57. The maximum absolute atomic E-state index is 12.4. The fraction of sp³-hybridized carbons (Fsp3) is 0.500. The number of amides is 1. The van der Waals surface area contributed by atoms with E-state index in [-0.39, 0.29) is 13.0 Å². The van der Waals surface area contributed by atoms with E-state index in [1.807, 2.05) is 0 Å². The first-order valence-electron chi connectivity index (χ1n) is 8.74. The van der Waals surface area contributed by atoms with Crippen molar-refractivity contribution in [3.63, 3.8) is 0 Å². The number of esters is 1. The van der Waals surface area contributed by atoms with Crippen molar-refractivity contribution in [3.05, 3.63) is 48.0 Å². The number of aliphatic hydroxyl groups excluding tert-OH is 2. The number of rotatable bonds is 8. The fourth-order valence-electron chi connectivity index (χ4n) is 2.31. The Hall–Kier alpha value is -2.38. The van der Waals surface area contributed by atoms with Gasteiger partial charge in [-0.2, -0.15) is 0 Å². The Labute approximate surface area is 160 Å². The summed E-state index contributed by atoms with van der Waals surface area (Å²) in [5.74, 6) is -0.929. The van der Waals surface area contributed by atoms with Gasteiger partial charge in [-0.1, -0.05) is 36.9 Å². The van der Waals surface area contributed by atoms with Crippen LogP contribution in [-0.4, -0.2) is 46.7 Å². The van der Waals surface area contributed by atoms with E-state index < -0.39 is 35.9 Å². The van der Waals surface area contributed by atoms with E-state index in [1.165, 1.54) is 0 Å². The number of benzene rings is 1. The number of alkyl carbamates (subject to hydrolysis) is 1. The topological polar surface area (TPSA) is 105 Å². The van der Waals surface area contributed by atoms with Crippen LogP contribution in [-0.2, 0) is 14.3 Å². The number of hydrogen-bond donors (Lipinski definition) is 3. The van der Waals surface area contributed by atoms with Crippen LogP contribution in [0.1, 0.15) is 45.7 Å². The van der Waals surface area contributed by atoms with Crippen molar-refractivity contribution in [3.8, 4) is 0 Å². The zero-order chi connectivity index (χ0) is 20.6. The quantitative estimate of drug-likeness (QED) is 0.473. The maximum Gasteiger partial charge on any atom is 0.408 e. The van der Waals surface area contributed by atoms with Gasteiger partial charge in [-0.3, -0.25) is 0 Å². The summed E-state index contributed by atoms with van der Waals surface area (Å²) in [4.78, 5) is 24.6. The van der Waals surface area contributed by atoms with Gasteiger partial charge in [0.2, 0.25) is 0 Å². The highest BCUT2D eigenvalue weighted by atomic mass is 16.6. The summed E-state index contributed by atoms with van der Waals surface area (Å²) in [6.07, 6.45) is -2.99. The molecule has 0 unspecified atom stereocenters. The highest BCUT2D eigenvalue weighted by molar-refractivity contribution is 5.78. The second-order valence-corrected chi connectivity index (χ2v) is 7.26. The smallest absolute Gasteiger partial charge is 0.408 e. The third-order valence-electron chi connectivity index (χ3n) is 3.59. The van der Waals surface area contributed by atoms with E-state index in [0.29, 0.717) is 11.1 Å². The molecule has 1 amide bonds. The van der Waals surface area contributed by atoms with Crippen LogP contribution in [0.4, 0.5) is 4.79 Å². The van der Waals surface area contributed by atoms with Gasteiger partial charge in [0, 0.05) is 13.0 Å². The third-order valence-corrected chi connectivity index (χ3v) is 3.59. The molecule has 3 N–H and O–H groups in total. The largest absolute Gasteiger partial charge is 0.456 e. The predicted octanol–water partition coefficient (Wildman–Crippen LogP) is 2.48. The lowest BCUT2D eigenvalue weighted by atomic mass is 10.0. The molecule has 0 radical (unpaired) electrons.